The van der Waals surface area contributed by atoms with Crippen LogP contribution >= 0.6 is 0 Å². The van der Waals surface area contributed by atoms with Gasteiger partial charge in [-0.25, -0.2) is 4.39 Å². The molecule has 1 aliphatic rings. The Bertz CT molecular complexity index is 493. The molecular formula is C16H23FN2O2. The summed E-state index contributed by atoms with van der Waals surface area (Å²) in [5, 5.41) is 3.43. The molecule has 1 N–H and O–H groups in total. The van der Waals surface area contributed by atoms with Crippen LogP contribution in [0.2, 0.25) is 0 Å². The number of nitrogens with one attached hydrogen (secondary N) is 1. The van der Waals surface area contributed by atoms with Crippen LogP contribution in [-0.2, 0) is 0 Å². The van der Waals surface area contributed by atoms with Crippen LogP contribution in [0.5, 0.6) is 5.75 Å². The van der Waals surface area contributed by atoms with E-state index in [-0.39, 0.29) is 11.5 Å². The lowest BCUT2D eigenvalue weighted by atomic mass is 10.0. The minimum atomic E-state index is -0.525. The number of amides is 1. The van der Waals surface area contributed by atoms with Crippen molar-refractivity contribution in [3.05, 3.63) is 29.6 Å². The lowest BCUT2D eigenvalue weighted by Gasteiger charge is -2.33. The molecule has 5 heteroatoms. The summed E-state index contributed by atoms with van der Waals surface area (Å²) < 4.78 is 19.1. The van der Waals surface area contributed by atoms with Crippen LogP contribution in [0.3, 0.4) is 0 Å². The summed E-state index contributed by atoms with van der Waals surface area (Å²) in [6.07, 6.45) is 3.05. The SMILES string of the molecule is CCCNC1CCCN(C(=O)c2c(F)cccc2OC)C1. The Morgan fingerprint density at radius 3 is 3.05 bits per heavy atom. The molecule has 0 spiro atoms. The fourth-order valence-electron chi connectivity index (χ4n) is 2.72. The lowest BCUT2D eigenvalue weighted by Crippen LogP contribution is -2.48. The Morgan fingerprint density at radius 2 is 2.33 bits per heavy atom. The Balaban J connectivity index is 2.12. The topological polar surface area (TPSA) is 41.6 Å². The summed E-state index contributed by atoms with van der Waals surface area (Å²) in [6, 6.07) is 4.76. The van der Waals surface area contributed by atoms with Crippen molar-refractivity contribution < 1.29 is 13.9 Å². The van der Waals surface area contributed by atoms with E-state index >= 15 is 0 Å². The van der Waals surface area contributed by atoms with Gasteiger partial charge in [0.05, 0.1) is 7.11 Å². The van der Waals surface area contributed by atoms with Crippen LogP contribution in [0.15, 0.2) is 18.2 Å². The van der Waals surface area contributed by atoms with Crippen molar-refractivity contribution in [1.29, 1.82) is 0 Å². The number of ether oxygens (including phenoxy) is 1. The molecule has 0 aromatic heterocycles. The van der Waals surface area contributed by atoms with Gasteiger partial charge in [0.25, 0.3) is 5.91 Å². The first-order chi connectivity index (χ1) is 10.2. The maximum Gasteiger partial charge on any atom is 0.260 e. The summed E-state index contributed by atoms with van der Waals surface area (Å²) in [6.45, 7) is 4.34. The number of halogens is 1. The van der Waals surface area contributed by atoms with Gasteiger partial charge in [-0.05, 0) is 37.9 Å². The van der Waals surface area contributed by atoms with Crippen molar-refractivity contribution >= 4 is 5.91 Å². The van der Waals surface area contributed by atoms with Crippen LogP contribution in [-0.4, -0.2) is 43.6 Å². The summed E-state index contributed by atoms with van der Waals surface area (Å²) in [4.78, 5) is 14.3. The molecule has 1 amide bonds. The Hall–Kier alpha value is -1.62. The highest BCUT2D eigenvalue weighted by Crippen LogP contribution is 2.24. The highest BCUT2D eigenvalue weighted by Gasteiger charge is 2.27. The van der Waals surface area contributed by atoms with Crippen molar-refractivity contribution in [2.24, 2.45) is 0 Å². The second-order valence-corrected chi connectivity index (χ2v) is 5.36. The zero-order valence-electron chi connectivity index (χ0n) is 12.7. The molecular weight excluding hydrogens is 271 g/mol. The minimum Gasteiger partial charge on any atom is -0.496 e. The van der Waals surface area contributed by atoms with E-state index in [9.17, 15) is 9.18 Å². The molecule has 116 valence electrons. The second-order valence-electron chi connectivity index (χ2n) is 5.36. The molecule has 0 saturated carbocycles. The first kappa shape index (κ1) is 15.8. The maximum absolute atomic E-state index is 14.0. The van der Waals surface area contributed by atoms with Crippen LogP contribution in [0.25, 0.3) is 0 Å². The number of hydrogen-bond donors (Lipinski definition) is 1. The number of carbonyl (C=O) groups is 1. The molecule has 0 aliphatic carbocycles. The van der Waals surface area contributed by atoms with Gasteiger partial charge in [-0.15, -0.1) is 0 Å². The highest BCUT2D eigenvalue weighted by atomic mass is 19.1. The largest absolute Gasteiger partial charge is 0.496 e. The van der Waals surface area contributed by atoms with Gasteiger partial charge >= 0.3 is 0 Å². The first-order valence-electron chi connectivity index (χ1n) is 7.52. The molecule has 1 aromatic carbocycles. The molecule has 1 aromatic rings. The molecule has 0 bridgehead atoms. The fourth-order valence-corrected chi connectivity index (χ4v) is 2.72. The molecule has 1 saturated heterocycles. The maximum atomic E-state index is 14.0. The molecule has 1 aliphatic heterocycles. The molecule has 21 heavy (non-hydrogen) atoms. The number of rotatable bonds is 5. The van der Waals surface area contributed by atoms with Gasteiger partial charge in [0, 0.05) is 19.1 Å². The number of carbonyl (C=O) groups excluding carboxylic acids is 1. The summed E-state index contributed by atoms with van der Waals surface area (Å²) in [5.41, 5.74) is 0.0381. The third-order valence-electron chi connectivity index (χ3n) is 3.80. The van der Waals surface area contributed by atoms with Gasteiger partial charge in [-0.2, -0.15) is 0 Å². The van der Waals surface area contributed by atoms with E-state index in [2.05, 4.69) is 12.2 Å². The Morgan fingerprint density at radius 1 is 1.52 bits per heavy atom. The molecule has 4 nitrogen and oxygen atoms in total. The third-order valence-corrected chi connectivity index (χ3v) is 3.80. The third kappa shape index (κ3) is 3.73. The van der Waals surface area contributed by atoms with E-state index < -0.39 is 5.82 Å². The molecule has 1 fully saturated rings. The van der Waals surface area contributed by atoms with Crippen molar-refractivity contribution in [3.8, 4) is 5.75 Å². The predicted molar refractivity (Wildman–Crippen MR) is 80.2 cm³/mol. The van der Waals surface area contributed by atoms with Crippen molar-refractivity contribution in [3.63, 3.8) is 0 Å². The molecule has 1 heterocycles. The van der Waals surface area contributed by atoms with Gasteiger partial charge in [0.15, 0.2) is 0 Å². The van der Waals surface area contributed by atoms with E-state index in [0.717, 1.165) is 25.8 Å². The monoisotopic (exact) mass is 294 g/mol. The van der Waals surface area contributed by atoms with E-state index in [1.54, 1.807) is 17.0 Å². The van der Waals surface area contributed by atoms with E-state index in [4.69, 9.17) is 4.74 Å². The van der Waals surface area contributed by atoms with Crippen molar-refractivity contribution in [1.82, 2.24) is 10.2 Å². The first-order valence-corrected chi connectivity index (χ1v) is 7.52. The Labute approximate surface area is 125 Å². The average molecular weight is 294 g/mol. The van der Waals surface area contributed by atoms with Crippen molar-refractivity contribution in [2.45, 2.75) is 32.2 Å². The smallest absolute Gasteiger partial charge is 0.260 e. The summed E-state index contributed by atoms with van der Waals surface area (Å²) in [5.74, 6) is -0.514. The number of methoxy groups -OCH3 is 1. The standard InChI is InChI=1S/C16H23FN2O2/c1-3-9-18-12-6-5-10-19(11-12)16(20)15-13(17)7-4-8-14(15)21-2/h4,7-8,12,18H,3,5-6,9-11H2,1-2H3. The zero-order valence-corrected chi connectivity index (χ0v) is 12.7. The quantitative estimate of drug-likeness (QED) is 0.907. The van der Waals surface area contributed by atoms with E-state index in [0.29, 0.717) is 24.9 Å². The predicted octanol–water partition coefficient (Wildman–Crippen LogP) is 2.44. The minimum absolute atomic E-state index is 0.0381. The summed E-state index contributed by atoms with van der Waals surface area (Å²) >= 11 is 0. The lowest BCUT2D eigenvalue weighted by molar-refractivity contribution is 0.0686. The zero-order chi connectivity index (χ0) is 15.2. The number of hydrogen-bond acceptors (Lipinski definition) is 3. The van der Waals surface area contributed by atoms with E-state index in [1.165, 1.54) is 13.2 Å². The molecule has 1 unspecified atom stereocenters. The van der Waals surface area contributed by atoms with Crippen molar-refractivity contribution in [2.75, 3.05) is 26.7 Å². The van der Waals surface area contributed by atoms with Crippen LogP contribution in [0.4, 0.5) is 4.39 Å². The average Bonchev–Trinajstić information content (AvgIpc) is 2.52. The second kappa shape index (κ2) is 7.41. The Kier molecular flexibility index (Phi) is 5.56. The number of nitrogens with zero attached hydrogens (tertiary/aromatic N) is 1. The number of likely N-dealkylation sites (tertiary alicyclic amines) is 1. The normalized spacial score (nSPS) is 18.6. The number of piperidine rings is 1. The van der Waals surface area contributed by atoms with Gasteiger partial charge in [0.2, 0.25) is 0 Å². The van der Waals surface area contributed by atoms with Gasteiger partial charge in [-0.3, -0.25) is 4.79 Å². The van der Waals surface area contributed by atoms with Gasteiger partial charge < -0.3 is 15.0 Å². The van der Waals surface area contributed by atoms with Crippen LogP contribution in [0, 0.1) is 5.82 Å². The van der Waals surface area contributed by atoms with E-state index in [1.807, 2.05) is 0 Å². The number of benzene rings is 1. The fraction of sp³-hybridized carbons (Fsp3) is 0.562. The molecule has 0 radical (unpaired) electrons. The summed E-state index contributed by atoms with van der Waals surface area (Å²) in [7, 11) is 1.45. The highest BCUT2D eigenvalue weighted by molar-refractivity contribution is 5.97. The van der Waals surface area contributed by atoms with Crippen LogP contribution < -0.4 is 10.1 Å². The molecule has 2 rings (SSSR count). The van der Waals surface area contributed by atoms with Crippen LogP contribution in [0.1, 0.15) is 36.5 Å². The van der Waals surface area contributed by atoms with Gasteiger partial charge in [0.1, 0.15) is 17.1 Å². The van der Waals surface area contributed by atoms with Gasteiger partial charge in [-0.1, -0.05) is 13.0 Å². The molecule has 1 atom stereocenters.